The third-order valence-corrected chi connectivity index (χ3v) is 3.92. The first kappa shape index (κ1) is 10.9. The molecule has 0 aromatic heterocycles. The van der Waals surface area contributed by atoms with Crippen LogP contribution in [0.25, 0.3) is 0 Å². The highest BCUT2D eigenvalue weighted by atomic mass is 35.5. The number of carbonyl (C=O) groups is 1. The van der Waals surface area contributed by atoms with Crippen molar-refractivity contribution < 1.29 is 4.79 Å². The lowest BCUT2D eigenvalue weighted by atomic mass is 10.0. The first-order valence-electron chi connectivity index (χ1n) is 6.13. The zero-order valence-corrected chi connectivity index (χ0v) is 10.3. The lowest BCUT2D eigenvalue weighted by Gasteiger charge is -2.37. The Bertz CT molecular complexity index is 461. The van der Waals surface area contributed by atoms with Gasteiger partial charge in [-0.1, -0.05) is 30.5 Å². The molecule has 0 bridgehead atoms. The molecule has 0 aliphatic carbocycles. The maximum absolute atomic E-state index is 12.1. The number of anilines is 2. The molecular weight excluding hydrogens is 236 g/mol. The molecule has 2 aliphatic rings. The highest BCUT2D eigenvalue weighted by molar-refractivity contribution is 6.35. The molecule has 1 N–H and O–H groups in total. The lowest BCUT2D eigenvalue weighted by molar-refractivity contribution is -0.117. The third kappa shape index (κ3) is 1.78. The summed E-state index contributed by atoms with van der Waals surface area (Å²) in [5, 5.41) is 3.57. The topological polar surface area (TPSA) is 32.3 Å². The molecule has 4 heteroatoms. The first-order valence-corrected chi connectivity index (χ1v) is 6.51. The number of fused-ring (bicyclic) bond motifs is 3. The van der Waals surface area contributed by atoms with Crippen LogP contribution in [-0.2, 0) is 4.79 Å². The summed E-state index contributed by atoms with van der Waals surface area (Å²) in [6, 6.07) is 5.79. The second-order valence-corrected chi connectivity index (χ2v) is 5.09. The number of rotatable bonds is 0. The van der Waals surface area contributed by atoms with Crippen molar-refractivity contribution in [1.29, 1.82) is 0 Å². The van der Waals surface area contributed by atoms with Gasteiger partial charge in [0.15, 0.2) is 0 Å². The molecule has 3 nitrogen and oxygen atoms in total. The van der Waals surface area contributed by atoms with Gasteiger partial charge in [0.2, 0.25) is 5.91 Å². The number of nitrogens with zero attached hydrogens (tertiary/aromatic N) is 1. The molecule has 1 aromatic carbocycles. The van der Waals surface area contributed by atoms with E-state index < -0.39 is 0 Å². The highest BCUT2D eigenvalue weighted by Crippen LogP contribution is 2.39. The van der Waals surface area contributed by atoms with Crippen LogP contribution in [0.5, 0.6) is 0 Å². The van der Waals surface area contributed by atoms with E-state index in [0.717, 1.165) is 37.2 Å². The molecule has 3 rings (SSSR count). The van der Waals surface area contributed by atoms with E-state index in [2.05, 4.69) is 10.2 Å². The van der Waals surface area contributed by atoms with Crippen LogP contribution in [0.4, 0.5) is 11.4 Å². The minimum absolute atomic E-state index is 0.0107. The van der Waals surface area contributed by atoms with E-state index in [9.17, 15) is 4.79 Å². The Balaban J connectivity index is 2.07. The molecule has 90 valence electrons. The normalized spacial score (nSPS) is 23.5. The summed E-state index contributed by atoms with van der Waals surface area (Å²) < 4.78 is 0. The molecule has 1 aromatic rings. The van der Waals surface area contributed by atoms with Crippen molar-refractivity contribution >= 4 is 28.9 Å². The molecule has 1 amide bonds. The summed E-state index contributed by atoms with van der Waals surface area (Å²) in [5.74, 6) is 0.0903. The van der Waals surface area contributed by atoms with Crippen LogP contribution in [0.1, 0.15) is 25.7 Å². The van der Waals surface area contributed by atoms with Crippen molar-refractivity contribution in [3.8, 4) is 0 Å². The molecule has 0 spiro atoms. The van der Waals surface area contributed by atoms with E-state index in [4.69, 9.17) is 11.6 Å². The average molecular weight is 251 g/mol. The number of halogens is 1. The molecule has 2 aliphatic heterocycles. The van der Waals surface area contributed by atoms with Crippen LogP contribution in [0.2, 0.25) is 5.02 Å². The molecule has 1 unspecified atom stereocenters. The summed E-state index contributed by atoms with van der Waals surface area (Å²) in [5.41, 5.74) is 1.85. The van der Waals surface area contributed by atoms with Crippen molar-refractivity contribution in [3.63, 3.8) is 0 Å². The fraction of sp³-hybridized carbons (Fsp3) is 0.462. The van der Waals surface area contributed by atoms with Gasteiger partial charge >= 0.3 is 0 Å². The van der Waals surface area contributed by atoms with E-state index in [1.54, 1.807) is 0 Å². The van der Waals surface area contributed by atoms with Crippen molar-refractivity contribution in [1.82, 2.24) is 0 Å². The Morgan fingerprint density at radius 3 is 3.06 bits per heavy atom. The van der Waals surface area contributed by atoms with Crippen LogP contribution in [0.15, 0.2) is 18.2 Å². The van der Waals surface area contributed by atoms with Crippen molar-refractivity contribution in [3.05, 3.63) is 23.2 Å². The van der Waals surface area contributed by atoms with Gasteiger partial charge in [-0.2, -0.15) is 0 Å². The molecule has 17 heavy (non-hydrogen) atoms. The third-order valence-electron chi connectivity index (χ3n) is 3.60. The van der Waals surface area contributed by atoms with Gasteiger partial charge in [0.25, 0.3) is 0 Å². The van der Waals surface area contributed by atoms with Gasteiger partial charge < -0.3 is 10.2 Å². The number of carbonyl (C=O) groups excluding carboxylic acids is 1. The minimum Gasteiger partial charge on any atom is -0.358 e. The second kappa shape index (κ2) is 4.22. The molecule has 1 fully saturated rings. The molecule has 0 radical (unpaired) electrons. The van der Waals surface area contributed by atoms with E-state index in [1.165, 1.54) is 6.42 Å². The number of para-hydroxylation sites is 1. The summed E-state index contributed by atoms with van der Waals surface area (Å²) in [6.07, 6.45) is 4.42. The summed E-state index contributed by atoms with van der Waals surface area (Å²) >= 11 is 6.14. The van der Waals surface area contributed by atoms with Gasteiger partial charge in [-0.25, -0.2) is 0 Å². The predicted octanol–water partition coefficient (Wildman–Crippen LogP) is 3.04. The Hall–Kier alpha value is -1.22. The van der Waals surface area contributed by atoms with E-state index in [0.29, 0.717) is 5.02 Å². The van der Waals surface area contributed by atoms with Crippen molar-refractivity contribution in [2.75, 3.05) is 16.8 Å². The van der Waals surface area contributed by atoms with Crippen LogP contribution in [0.3, 0.4) is 0 Å². The van der Waals surface area contributed by atoms with Crippen LogP contribution in [-0.4, -0.2) is 18.5 Å². The van der Waals surface area contributed by atoms with Crippen molar-refractivity contribution in [2.24, 2.45) is 0 Å². The number of hydrogen-bond acceptors (Lipinski definition) is 2. The molecular formula is C13H15ClN2O. The van der Waals surface area contributed by atoms with Crippen molar-refractivity contribution in [2.45, 2.75) is 31.7 Å². The zero-order valence-electron chi connectivity index (χ0n) is 9.58. The van der Waals surface area contributed by atoms with Crippen LogP contribution < -0.4 is 10.2 Å². The minimum atomic E-state index is -0.0107. The SMILES string of the molecule is O=C1Nc2c(Cl)cccc2N2CCCCCC12. The van der Waals surface area contributed by atoms with Gasteiger partial charge in [0.05, 0.1) is 16.4 Å². The largest absolute Gasteiger partial charge is 0.358 e. The van der Waals surface area contributed by atoms with Gasteiger partial charge in [-0.05, 0) is 25.0 Å². The standard InChI is InChI=1S/C13H15ClN2O/c14-9-5-4-7-10-12(9)15-13(17)11-6-2-1-3-8-16(10)11/h4-5,7,11H,1-3,6,8H2,(H,15,17). The predicted molar refractivity (Wildman–Crippen MR) is 69.7 cm³/mol. The molecule has 1 atom stereocenters. The quantitative estimate of drug-likeness (QED) is 0.768. The maximum atomic E-state index is 12.1. The number of amides is 1. The van der Waals surface area contributed by atoms with E-state index in [-0.39, 0.29) is 11.9 Å². The summed E-state index contributed by atoms with van der Waals surface area (Å²) in [6.45, 7) is 0.950. The Morgan fingerprint density at radius 1 is 1.29 bits per heavy atom. The van der Waals surface area contributed by atoms with Gasteiger partial charge in [0.1, 0.15) is 6.04 Å². The number of benzene rings is 1. The first-order chi connectivity index (χ1) is 8.27. The average Bonchev–Trinajstić information content (AvgIpc) is 2.57. The summed E-state index contributed by atoms with van der Waals surface area (Å²) in [7, 11) is 0. The number of hydrogen-bond donors (Lipinski definition) is 1. The Morgan fingerprint density at radius 2 is 2.18 bits per heavy atom. The Kier molecular flexibility index (Phi) is 2.71. The van der Waals surface area contributed by atoms with Crippen LogP contribution >= 0.6 is 11.6 Å². The fourth-order valence-corrected chi connectivity index (χ4v) is 2.97. The fourth-order valence-electron chi connectivity index (χ4n) is 2.75. The lowest BCUT2D eigenvalue weighted by Crippen LogP contribution is -2.47. The number of nitrogens with one attached hydrogen (secondary N) is 1. The van der Waals surface area contributed by atoms with E-state index in [1.807, 2.05) is 18.2 Å². The molecule has 2 heterocycles. The van der Waals surface area contributed by atoms with Gasteiger partial charge in [-0.15, -0.1) is 0 Å². The van der Waals surface area contributed by atoms with Gasteiger partial charge in [-0.3, -0.25) is 4.79 Å². The summed E-state index contributed by atoms with van der Waals surface area (Å²) in [4.78, 5) is 14.3. The monoisotopic (exact) mass is 250 g/mol. The Labute approximate surface area is 106 Å². The smallest absolute Gasteiger partial charge is 0.247 e. The maximum Gasteiger partial charge on any atom is 0.247 e. The van der Waals surface area contributed by atoms with E-state index >= 15 is 0 Å². The molecule has 0 saturated carbocycles. The van der Waals surface area contributed by atoms with Gasteiger partial charge in [0, 0.05) is 6.54 Å². The second-order valence-electron chi connectivity index (χ2n) is 4.68. The zero-order chi connectivity index (χ0) is 11.8. The molecule has 1 saturated heterocycles. The van der Waals surface area contributed by atoms with Crippen LogP contribution in [0, 0.1) is 0 Å². The highest BCUT2D eigenvalue weighted by Gasteiger charge is 2.34.